The fourth-order valence-corrected chi connectivity index (χ4v) is 3.60. The standard InChI is InChI=1S/C23H29N3O4/c1-15(2)11-21(27)26-14-18-8-5-4-7-17(18)12-20(26)23(29)25-16(3)22(28)24-13-19-9-6-10-30-19/h4-10,15-16,20H,11-14H2,1-3H3,(H,24,28)(H,25,29). The minimum Gasteiger partial charge on any atom is -0.467 e. The third kappa shape index (κ3) is 5.28. The van der Waals surface area contributed by atoms with E-state index in [0.717, 1.165) is 11.1 Å². The summed E-state index contributed by atoms with van der Waals surface area (Å²) in [6.45, 7) is 6.25. The topological polar surface area (TPSA) is 91.7 Å². The third-order valence-corrected chi connectivity index (χ3v) is 5.22. The van der Waals surface area contributed by atoms with Gasteiger partial charge in [0.15, 0.2) is 0 Å². The van der Waals surface area contributed by atoms with Crippen molar-refractivity contribution in [1.29, 1.82) is 0 Å². The highest BCUT2D eigenvalue weighted by molar-refractivity contribution is 5.92. The Balaban J connectivity index is 1.67. The Labute approximate surface area is 176 Å². The summed E-state index contributed by atoms with van der Waals surface area (Å²) in [5, 5.41) is 5.51. The molecule has 3 rings (SSSR count). The van der Waals surface area contributed by atoms with Crippen LogP contribution in [0.4, 0.5) is 0 Å². The maximum atomic E-state index is 13.1. The van der Waals surface area contributed by atoms with Crippen LogP contribution < -0.4 is 10.6 Å². The molecule has 2 N–H and O–H groups in total. The van der Waals surface area contributed by atoms with E-state index in [1.165, 1.54) is 6.26 Å². The highest BCUT2D eigenvalue weighted by Gasteiger charge is 2.35. The molecule has 2 heterocycles. The molecule has 7 heteroatoms. The minimum atomic E-state index is -0.730. The summed E-state index contributed by atoms with van der Waals surface area (Å²) < 4.78 is 5.20. The molecule has 7 nitrogen and oxygen atoms in total. The van der Waals surface area contributed by atoms with Gasteiger partial charge in [0.1, 0.15) is 17.8 Å². The molecule has 2 unspecified atom stereocenters. The number of hydrogen-bond donors (Lipinski definition) is 2. The Morgan fingerprint density at radius 3 is 2.50 bits per heavy atom. The van der Waals surface area contributed by atoms with Crippen molar-refractivity contribution in [3.05, 3.63) is 59.5 Å². The molecule has 0 radical (unpaired) electrons. The molecule has 0 saturated carbocycles. The van der Waals surface area contributed by atoms with Crippen LogP contribution in [0.25, 0.3) is 0 Å². The molecule has 0 fully saturated rings. The van der Waals surface area contributed by atoms with Gasteiger partial charge in [-0.3, -0.25) is 14.4 Å². The zero-order chi connectivity index (χ0) is 21.7. The number of fused-ring (bicyclic) bond motifs is 1. The molecule has 160 valence electrons. The molecule has 0 bridgehead atoms. The van der Waals surface area contributed by atoms with Crippen LogP contribution in [-0.4, -0.2) is 34.7 Å². The lowest BCUT2D eigenvalue weighted by Gasteiger charge is -2.37. The van der Waals surface area contributed by atoms with Gasteiger partial charge >= 0.3 is 0 Å². The number of hydrogen-bond acceptors (Lipinski definition) is 4. The largest absolute Gasteiger partial charge is 0.467 e. The molecule has 0 spiro atoms. The van der Waals surface area contributed by atoms with Gasteiger partial charge in [0.25, 0.3) is 0 Å². The van der Waals surface area contributed by atoms with E-state index in [2.05, 4.69) is 10.6 Å². The molecular formula is C23H29N3O4. The van der Waals surface area contributed by atoms with Gasteiger partial charge in [-0.25, -0.2) is 0 Å². The molecule has 0 saturated heterocycles. The third-order valence-electron chi connectivity index (χ3n) is 5.22. The smallest absolute Gasteiger partial charge is 0.243 e. The molecule has 2 atom stereocenters. The van der Waals surface area contributed by atoms with Crippen molar-refractivity contribution in [1.82, 2.24) is 15.5 Å². The maximum Gasteiger partial charge on any atom is 0.243 e. The van der Waals surface area contributed by atoms with Crippen LogP contribution >= 0.6 is 0 Å². The van der Waals surface area contributed by atoms with Crippen LogP contribution in [0, 0.1) is 5.92 Å². The van der Waals surface area contributed by atoms with E-state index in [4.69, 9.17) is 4.42 Å². The van der Waals surface area contributed by atoms with Gasteiger partial charge < -0.3 is 20.0 Å². The van der Waals surface area contributed by atoms with Crippen LogP contribution in [0.3, 0.4) is 0 Å². The number of benzene rings is 1. The molecule has 30 heavy (non-hydrogen) atoms. The average Bonchev–Trinajstić information content (AvgIpc) is 3.24. The lowest BCUT2D eigenvalue weighted by molar-refractivity contribution is -0.143. The summed E-state index contributed by atoms with van der Waals surface area (Å²) >= 11 is 0. The molecule has 1 aliphatic rings. The van der Waals surface area contributed by atoms with E-state index in [9.17, 15) is 14.4 Å². The number of rotatable bonds is 7. The Morgan fingerprint density at radius 1 is 1.10 bits per heavy atom. The van der Waals surface area contributed by atoms with E-state index >= 15 is 0 Å². The number of amides is 3. The second-order valence-corrected chi connectivity index (χ2v) is 8.14. The van der Waals surface area contributed by atoms with E-state index in [1.54, 1.807) is 24.0 Å². The monoisotopic (exact) mass is 411 g/mol. The quantitative estimate of drug-likeness (QED) is 0.732. The molecular weight excluding hydrogens is 382 g/mol. The summed E-state index contributed by atoms with van der Waals surface area (Å²) in [7, 11) is 0. The summed E-state index contributed by atoms with van der Waals surface area (Å²) in [4.78, 5) is 39.9. The molecule has 1 aromatic heterocycles. The van der Waals surface area contributed by atoms with Crippen molar-refractivity contribution in [2.45, 2.75) is 58.8 Å². The lowest BCUT2D eigenvalue weighted by Crippen LogP contribution is -2.56. The first kappa shape index (κ1) is 21.6. The average molecular weight is 412 g/mol. The summed E-state index contributed by atoms with van der Waals surface area (Å²) in [5.74, 6) is 0.161. The normalized spacial score (nSPS) is 16.7. The Kier molecular flexibility index (Phi) is 6.92. The predicted molar refractivity (Wildman–Crippen MR) is 112 cm³/mol. The number of carbonyl (C=O) groups is 3. The summed E-state index contributed by atoms with van der Waals surface area (Å²) in [5.41, 5.74) is 2.11. The van der Waals surface area contributed by atoms with E-state index < -0.39 is 12.1 Å². The van der Waals surface area contributed by atoms with Crippen molar-refractivity contribution >= 4 is 17.7 Å². The Bertz CT molecular complexity index is 892. The number of furan rings is 1. The first-order valence-electron chi connectivity index (χ1n) is 10.3. The van der Waals surface area contributed by atoms with Gasteiger partial charge in [-0.2, -0.15) is 0 Å². The molecule has 2 aromatic rings. The zero-order valence-corrected chi connectivity index (χ0v) is 17.7. The number of nitrogens with zero attached hydrogens (tertiary/aromatic N) is 1. The minimum absolute atomic E-state index is 0.0467. The van der Waals surface area contributed by atoms with Crippen LogP contribution in [-0.2, 0) is 33.9 Å². The van der Waals surface area contributed by atoms with Crippen molar-refractivity contribution < 1.29 is 18.8 Å². The number of nitrogens with one attached hydrogen (secondary N) is 2. The van der Waals surface area contributed by atoms with Crippen LogP contribution in [0.1, 0.15) is 44.1 Å². The SMILES string of the molecule is CC(C)CC(=O)N1Cc2ccccc2CC1C(=O)NC(C)C(=O)NCc1ccco1. The van der Waals surface area contributed by atoms with Crippen LogP contribution in [0.5, 0.6) is 0 Å². The zero-order valence-electron chi connectivity index (χ0n) is 17.7. The number of carbonyl (C=O) groups excluding carboxylic acids is 3. The Morgan fingerprint density at radius 2 is 1.83 bits per heavy atom. The van der Waals surface area contributed by atoms with Crippen LogP contribution in [0.2, 0.25) is 0 Å². The van der Waals surface area contributed by atoms with Gasteiger partial charge in [0.2, 0.25) is 17.7 Å². The molecule has 3 amide bonds. The molecule has 1 aliphatic heterocycles. The Hall–Kier alpha value is -3.09. The van der Waals surface area contributed by atoms with Gasteiger partial charge in [-0.15, -0.1) is 0 Å². The van der Waals surface area contributed by atoms with E-state index in [0.29, 0.717) is 25.1 Å². The molecule has 1 aromatic carbocycles. The van der Waals surface area contributed by atoms with Crippen LogP contribution in [0.15, 0.2) is 47.1 Å². The van der Waals surface area contributed by atoms with E-state index in [1.807, 2.05) is 38.1 Å². The summed E-state index contributed by atoms with van der Waals surface area (Å²) in [6, 6.07) is 10.00. The van der Waals surface area contributed by atoms with Crippen molar-refractivity contribution in [2.24, 2.45) is 5.92 Å². The lowest BCUT2D eigenvalue weighted by atomic mass is 9.92. The van der Waals surface area contributed by atoms with Gasteiger partial charge in [0, 0.05) is 19.4 Å². The van der Waals surface area contributed by atoms with Gasteiger partial charge in [-0.05, 0) is 36.1 Å². The second kappa shape index (κ2) is 9.61. The fourth-order valence-electron chi connectivity index (χ4n) is 3.60. The highest BCUT2D eigenvalue weighted by Crippen LogP contribution is 2.25. The maximum absolute atomic E-state index is 13.1. The molecule has 0 aliphatic carbocycles. The fraction of sp³-hybridized carbons (Fsp3) is 0.435. The highest BCUT2D eigenvalue weighted by atomic mass is 16.3. The van der Waals surface area contributed by atoms with Crippen molar-refractivity contribution in [2.75, 3.05) is 0 Å². The van der Waals surface area contributed by atoms with Gasteiger partial charge in [-0.1, -0.05) is 38.1 Å². The first-order valence-corrected chi connectivity index (χ1v) is 10.3. The van der Waals surface area contributed by atoms with E-state index in [-0.39, 0.29) is 30.2 Å². The second-order valence-electron chi connectivity index (χ2n) is 8.14. The predicted octanol–water partition coefficient (Wildman–Crippen LogP) is 2.40. The first-order chi connectivity index (χ1) is 14.3. The van der Waals surface area contributed by atoms with Crippen molar-refractivity contribution in [3.8, 4) is 0 Å². The van der Waals surface area contributed by atoms with Gasteiger partial charge in [0.05, 0.1) is 12.8 Å². The van der Waals surface area contributed by atoms with Crippen molar-refractivity contribution in [3.63, 3.8) is 0 Å². The summed E-state index contributed by atoms with van der Waals surface area (Å²) in [6.07, 6.45) is 2.36.